The summed E-state index contributed by atoms with van der Waals surface area (Å²) in [6, 6.07) is 13.7. The lowest BCUT2D eigenvalue weighted by Gasteiger charge is -2.17. The summed E-state index contributed by atoms with van der Waals surface area (Å²) < 4.78 is 0. The number of aromatic nitrogens is 2. The van der Waals surface area contributed by atoms with Crippen molar-refractivity contribution in [3.63, 3.8) is 0 Å². The average Bonchev–Trinajstić information content (AvgIpc) is 2.97. The van der Waals surface area contributed by atoms with E-state index >= 15 is 0 Å². The number of anilines is 1. The molecule has 2 heterocycles. The SMILES string of the molecule is C=CCN1CCc2cc(-c3nc4ccccc4c(=O)[nH]3)ccc21. The van der Waals surface area contributed by atoms with Crippen LogP contribution >= 0.6 is 0 Å². The monoisotopic (exact) mass is 303 g/mol. The molecule has 4 heteroatoms. The second-order valence-electron chi connectivity index (χ2n) is 5.76. The zero-order chi connectivity index (χ0) is 15.8. The Morgan fingerprint density at radius 1 is 1.26 bits per heavy atom. The lowest BCUT2D eigenvalue weighted by Crippen LogP contribution is -2.19. The summed E-state index contributed by atoms with van der Waals surface area (Å²) in [5, 5.41) is 0.620. The number of hydrogen-bond donors (Lipinski definition) is 1. The van der Waals surface area contributed by atoms with Gasteiger partial charge >= 0.3 is 0 Å². The summed E-state index contributed by atoms with van der Waals surface area (Å²) >= 11 is 0. The Hall–Kier alpha value is -2.88. The van der Waals surface area contributed by atoms with Crippen molar-refractivity contribution in [3.8, 4) is 11.4 Å². The fourth-order valence-electron chi connectivity index (χ4n) is 3.19. The number of benzene rings is 2. The van der Waals surface area contributed by atoms with Crippen molar-refractivity contribution in [2.45, 2.75) is 6.42 Å². The number of H-pyrrole nitrogens is 1. The van der Waals surface area contributed by atoms with Crippen LogP contribution < -0.4 is 10.5 Å². The van der Waals surface area contributed by atoms with Crippen LogP contribution in [0.5, 0.6) is 0 Å². The van der Waals surface area contributed by atoms with Gasteiger partial charge < -0.3 is 9.88 Å². The lowest BCUT2D eigenvalue weighted by atomic mass is 10.1. The Balaban J connectivity index is 1.80. The fourth-order valence-corrected chi connectivity index (χ4v) is 3.19. The second-order valence-corrected chi connectivity index (χ2v) is 5.76. The molecule has 0 amide bonds. The van der Waals surface area contributed by atoms with E-state index in [0.29, 0.717) is 11.2 Å². The van der Waals surface area contributed by atoms with E-state index in [1.807, 2.05) is 30.3 Å². The molecular weight excluding hydrogens is 286 g/mol. The summed E-state index contributed by atoms with van der Waals surface area (Å²) in [6.45, 7) is 5.67. The molecular formula is C19H17N3O. The van der Waals surface area contributed by atoms with Crippen molar-refractivity contribution in [1.82, 2.24) is 9.97 Å². The van der Waals surface area contributed by atoms with Crippen LogP contribution in [0.25, 0.3) is 22.3 Å². The number of rotatable bonds is 3. The van der Waals surface area contributed by atoms with Gasteiger partial charge in [0.15, 0.2) is 0 Å². The largest absolute Gasteiger partial charge is 0.367 e. The minimum absolute atomic E-state index is 0.0978. The van der Waals surface area contributed by atoms with Crippen LogP contribution in [-0.2, 0) is 6.42 Å². The van der Waals surface area contributed by atoms with Crippen LogP contribution in [-0.4, -0.2) is 23.1 Å². The molecule has 1 aliphatic rings. The van der Waals surface area contributed by atoms with E-state index in [4.69, 9.17) is 0 Å². The van der Waals surface area contributed by atoms with Crippen molar-refractivity contribution >= 4 is 16.6 Å². The van der Waals surface area contributed by atoms with E-state index in [1.54, 1.807) is 6.07 Å². The fraction of sp³-hybridized carbons (Fsp3) is 0.158. The van der Waals surface area contributed by atoms with Crippen LogP contribution in [0, 0.1) is 0 Å². The van der Waals surface area contributed by atoms with Crippen LogP contribution in [0.15, 0.2) is 59.9 Å². The van der Waals surface area contributed by atoms with Crippen molar-refractivity contribution in [3.05, 3.63) is 71.0 Å². The van der Waals surface area contributed by atoms with Crippen LogP contribution in [0.1, 0.15) is 5.56 Å². The van der Waals surface area contributed by atoms with Gasteiger partial charge in [-0.3, -0.25) is 4.79 Å². The number of para-hydroxylation sites is 1. The summed E-state index contributed by atoms with van der Waals surface area (Å²) in [6.07, 6.45) is 2.93. The maximum Gasteiger partial charge on any atom is 0.259 e. The van der Waals surface area contributed by atoms with Crippen LogP contribution in [0.4, 0.5) is 5.69 Å². The molecule has 1 aromatic heterocycles. The molecule has 4 rings (SSSR count). The number of aromatic amines is 1. The normalized spacial score (nSPS) is 13.3. The van der Waals surface area contributed by atoms with Gasteiger partial charge in [0, 0.05) is 24.3 Å². The molecule has 0 aliphatic carbocycles. The zero-order valence-corrected chi connectivity index (χ0v) is 12.7. The molecule has 2 aromatic carbocycles. The number of hydrogen-bond acceptors (Lipinski definition) is 3. The van der Waals surface area contributed by atoms with Gasteiger partial charge in [0.05, 0.1) is 10.9 Å². The van der Waals surface area contributed by atoms with Crippen LogP contribution in [0.3, 0.4) is 0 Å². The Bertz CT molecular complexity index is 958. The molecule has 0 spiro atoms. The van der Waals surface area contributed by atoms with E-state index in [9.17, 15) is 4.79 Å². The van der Waals surface area contributed by atoms with E-state index in [0.717, 1.165) is 30.6 Å². The highest BCUT2D eigenvalue weighted by Crippen LogP contribution is 2.31. The van der Waals surface area contributed by atoms with E-state index in [2.05, 4.69) is 33.6 Å². The third kappa shape index (κ3) is 2.32. The quantitative estimate of drug-likeness (QED) is 0.756. The highest BCUT2D eigenvalue weighted by molar-refractivity contribution is 5.79. The molecule has 23 heavy (non-hydrogen) atoms. The summed E-state index contributed by atoms with van der Waals surface area (Å²) in [4.78, 5) is 22.0. The molecule has 0 saturated heterocycles. The smallest absolute Gasteiger partial charge is 0.259 e. The molecule has 4 nitrogen and oxygen atoms in total. The molecule has 0 atom stereocenters. The van der Waals surface area contributed by atoms with Crippen molar-refractivity contribution < 1.29 is 0 Å². The van der Waals surface area contributed by atoms with Gasteiger partial charge in [-0.1, -0.05) is 18.2 Å². The maximum absolute atomic E-state index is 12.2. The highest BCUT2D eigenvalue weighted by Gasteiger charge is 2.18. The topological polar surface area (TPSA) is 49.0 Å². The molecule has 114 valence electrons. The first-order valence-electron chi connectivity index (χ1n) is 7.74. The van der Waals surface area contributed by atoms with Gasteiger partial charge in [-0.15, -0.1) is 6.58 Å². The Morgan fingerprint density at radius 3 is 3.00 bits per heavy atom. The van der Waals surface area contributed by atoms with Crippen molar-refractivity contribution in [2.24, 2.45) is 0 Å². The minimum atomic E-state index is -0.0978. The Morgan fingerprint density at radius 2 is 2.13 bits per heavy atom. The van der Waals surface area contributed by atoms with Gasteiger partial charge in [0.1, 0.15) is 5.82 Å². The predicted molar refractivity (Wildman–Crippen MR) is 93.9 cm³/mol. The molecule has 0 fully saturated rings. The second kappa shape index (κ2) is 5.39. The third-order valence-corrected chi connectivity index (χ3v) is 4.31. The van der Waals surface area contributed by atoms with Gasteiger partial charge in [-0.25, -0.2) is 4.98 Å². The minimum Gasteiger partial charge on any atom is -0.367 e. The first kappa shape index (κ1) is 13.8. The van der Waals surface area contributed by atoms with Crippen molar-refractivity contribution in [2.75, 3.05) is 18.0 Å². The molecule has 0 unspecified atom stereocenters. The van der Waals surface area contributed by atoms with Gasteiger partial charge in [-0.2, -0.15) is 0 Å². The summed E-state index contributed by atoms with van der Waals surface area (Å²) in [5.41, 5.74) is 4.11. The van der Waals surface area contributed by atoms with Crippen LogP contribution in [0.2, 0.25) is 0 Å². The molecule has 3 aromatic rings. The third-order valence-electron chi connectivity index (χ3n) is 4.31. The molecule has 1 aliphatic heterocycles. The molecule has 0 saturated carbocycles. The van der Waals surface area contributed by atoms with Gasteiger partial charge in [0.2, 0.25) is 0 Å². The van der Waals surface area contributed by atoms with Crippen molar-refractivity contribution in [1.29, 1.82) is 0 Å². The number of nitrogens with zero attached hydrogens (tertiary/aromatic N) is 2. The number of nitrogens with one attached hydrogen (secondary N) is 1. The Kier molecular flexibility index (Phi) is 3.23. The first-order valence-corrected chi connectivity index (χ1v) is 7.74. The first-order chi connectivity index (χ1) is 11.3. The van der Waals surface area contributed by atoms with E-state index < -0.39 is 0 Å². The average molecular weight is 303 g/mol. The molecule has 1 N–H and O–H groups in total. The highest BCUT2D eigenvalue weighted by atomic mass is 16.1. The maximum atomic E-state index is 12.2. The Labute approximate surface area is 134 Å². The summed E-state index contributed by atoms with van der Waals surface area (Å²) in [7, 11) is 0. The lowest BCUT2D eigenvalue weighted by molar-refractivity contribution is 0.905. The predicted octanol–water partition coefficient (Wildman–Crippen LogP) is 3.14. The summed E-state index contributed by atoms with van der Waals surface area (Å²) in [5.74, 6) is 0.624. The van der Waals surface area contributed by atoms with Gasteiger partial charge in [0.25, 0.3) is 5.56 Å². The number of fused-ring (bicyclic) bond motifs is 2. The molecule has 0 radical (unpaired) electrons. The standard InChI is InChI=1S/C19H17N3O/c1-2-10-22-11-9-13-12-14(7-8-17(13)22)18-20-16-6-4-3-5-15(16)19(23)21-18/h2-8,12H,1,9-11H2,(H,20,21,23). The zero-order valence-electron chi connectivity index (χ0n) is 12.7. The van der Waals surface area contributed by atoms with Gasteiger partial charge in [-0.05, 0) is 42.3 Å². The van der Waals surface area contributed by atoms with E-state index in [1.165, 1.54) is 11.3 Å². The van der Waals surface area contributed by atoms with E-state index in [-0.39, 0.29) is 5.56 Å². The molecule has 0 bridgehead atoms.